The molecule has 2 aromatic carbocycles. The predicted octanol–water partition coefficient (Wildman–Crippen LogP) is 9.04. The number of quaternary nitrogens is 1. The van der Waals surface area contributed by atoms with E-state index in [9.17, 15) is 0 Å². The molecule has 0 heterocycles. The molecule has 0 amide bonds. The summed E-state index contributed by atoms with van der Waals surface area (Å²) in [6.07, 6.45) is 11.1. The molecule has 0 unspecified atom stereocenters. The van der Waals surface area contributed by atoms with Crippen LogP contribution in [-0.2, 0) is 16.5 Å². The Balaban J connectivity index is 0. The van der Waals surface area contributed by atoms with Crippen LogP contribution in [0.2, 0.25) is 0 Å². The Labute approximate surface area is 244 Å². The molecule has 0 radical (unpaired) electrons. The quantitative estimate of drug-likeness (QED) is 0.102. The monoisotopic (exact) mass is 578 g/mol. The average molecular weight is 580 g/mol. The molecule has 0 bridgehead atoms. The van der Waals surface area contributed by atoms with E-state index < -0.39 is 0 Å². The van der Waals surface area contributed by atoms with Crippen LogP contribution in [0.5, 0.6) is 0 Å². The minimum absolute atomic E-state index is 0. The van der Waals surface area contributed by atoms with E-state index in [-0.39, 0.29) is 16.5 Å². The standard InChI is InChI=1S/C16H36N.2C7H9NS.Ni/c1-5-9-13-17(14-10-6-2,15-11-7-3)16-12-8-4;2*1-8-6-4-2-3-5-7(6)9;/h5-16H2,1-4H3;2*2-5,8-9H,1H3;/q+1;;;+2. The van der Waals surface area contributed by atoms with Gasteiger partial charge in [-0.25, -0.2) is 0 Å². The Morgan fingerprint density at radius 1 is 0.556 bits per heavy atom. The van der Waals surface area contributed by atoms with Crippen molar-refractivity contribution in [3.8, 4) is 0 Å². The number of rotatable bonds is 14. The minimum Gasteiger partial charge on any atom is -0.387 e. The van der Waals surface area contributed by atoms with Crippen molar-refractivity contribution < 1.29 is 21.0 Å². The van der Waals surface area contributed by atoms with Crippen LogP contribution >= 0.6 is 25.3 Å². The van der Waals surface area contributed by atoms with Crippen LogP contribution in [-0.4, -0.2) is 44.8 Å². The molecule has 208 valence electrons. The van der Waals surface area contributed by atoms with Gasteiger partial charge in [-0.2, -0.15) is 0 Å². The second-order valence-electron chi connectivity index (χ2n) is 9.18. The van der Waals surface area contributed by atoms with Gasteiger partial charge in [0.1, 0.15) is 0 Å². The van der Waals surface area contributed by atoms with Gasteiger partial charge in [0.15, 0.2) is 0 Å². The topological polar surface area (TPSA) is 24.1 Å². The SMILES string of the molecule is CCCC[N+](CCCC)(CCCC)CCCC.CNc1ccccc1S.CNc1ccccc1S.[Ni+2]. The summed E-state index contributed by atoms with van der Waals surface area (Å²) >= 11 is 8.43. The third-order valence-corrected chi connectivity index (χ3v) is 7.07. The number of para-hydroxylation sites is 2. The van der Waals surface area contributed by atoms with Crippen LogP contribution in [0.25, 0.3) is 0 Å². The summed E-state index contributed by atoms with van der Waals surface area (Å²) in [5, 5.41) is 6.04. The molecule has 0 atom stereocenters. The Morgan fingerprint density at radius 3 is 1.03 bits per heavy atom. The van der Waals surface area contributed by atoms with E-state index in [2.05, 4.69) is 63.6 Å². The maximum atomic E-state index is 4.22. The van der Waals surface area contributed by atoms with E-state index in [1.54, 1.807) is 0 Å². The van der Waals surface area contributed by atoms with Gasteiger partial charge in [0, 0.05) is 35.3 Å². The zero-order valence-electron chi connectivity index (χ0n) is 23.8. The Bertz CT molecular complexity index is 675. The molecule has 3 nitrogen and oxygen atoms in total. The van der Waals surface area contributed by atoms with Crippen LogP contribution in [0.15, 0.2) is 58.3 Å². The number of nitrogens with zero attached hydrogens (tertiary/aromatic N) is 1. The van der Waals surface area contributed by atoms with Crippen molar-refractivity contribution in [3.05, 3.63) is 48.5 Å². The van der Waals surface area contributed by atoms with Gasteiger partial charge in [0.25, 0.3) is 0 Å². The van der Waals surface area contributed by atoms with Gasteiger partial charge in [-0.05, 0) is 49.9 Å². The molecule has 6 heteroatoms. The molecule has 0 saturated carbocycles. The first kappa shape index (κ1) is 37.3. The molecule has 36 heavy (non-hydrogen) atoms. The first-order valence-corrected chi connectivity index (χ1v) is 14.6. The van der Waals surface area contributed by atoms with Gasteiger partial charge >= 0.3 is 16.5 Å². The number of unbranched alkanes of at least 4 members (excludes halogenated alkanes) is 4. The van der Waals surface area contributed by atoms with E-state index in [1.165, 1.54) is 82.0 Å². The van der Waals surface area contributed by atoms with E-state index in [4.69, 9.17) is 0 Å². The maximum Gasteiger partial charge on any atom is 2.00 e. The van der Waals surface area contributed by atoms with Gasteiger partial charge in [-0.3, -0.25) is 0 Å². The van der Waals surface area contributed by atoms with Crippen molar-refractivity contribution in [1.29, 1.82) is 0 Å². The van der Waals surface area contributed by atoms with Crippen LogP contribution in [0.4, 0.5) is 11.4 Å². The molecule has 0 aliphatic rings. The molecule has 0 aromatic heterocycles. The summed E-state index contributed by atoms with van der Waals surface area (Å²) in [5.41, 5.74) is 2.14. The third kappa shape index (κ3) is 16.8. The largest absolute Gasteiger partial charge is 2.00 e. The second-order valence-corrected chi connectivity index (χ2v) is 10.1. The van der Waals surface area contributed by atoms with Gasteiger partial charge < -0.3 is 15.1 Å². The first-order chi connectivity index (χ1) is 16.9. The Kier molecular flexibility index (Phi) is 25.4. The van der Waals surface area contributed by atoms with Crippen LogP contribution in [0.3, 0.4) is 0 Å². The van der Waals surface area contributed by atoms with E-state index in [0.29, 0.717) is 0 Å². The third-order valence-electron chi connectivity index (χ3n) is 6.29. The fraction of sp³-hybridized carbons (Fsp3) is 0.600. The van der Waals surface area contributed by atoms with Crippen molar-refractivity contribution in [2.24, 2.45) is 0 Å². The predicted molar refractivity (Wildman–Crippen MR) is 166 cm³/mol. The van der Waals surface area contributed by atoms with Crippen LogP contribution < -0.4 is 10.6 Å². The molecule has 0 spiro atoms. The number of hydrogen-bond donors (Lipinski definition) is 4. The molecule has 0 saturated heterocycles. The van der Waals surface area contributed by atoms with Crippen molar-refractivity contribution >= 4 is 36.6 Å². The summed E-state index contributed by atoms with van der Waals surface area (Å²) < 4.78 is 1.42. The normalized spacial score (nSPS) is 10.2. The zero-order chi connectivity index (χ0) is 26.4. The molecular weight excluding hydrogens is 525 g/mol. The molecule has 2 aromatic rings. The van der Waals surface area contributed by atoms with Gasteiger partial charge in [-0.1, -0.05) is 77.6 Å². The minimum atomic E-state index is 0. The number of anilines is 2. The maximum absolute atomic E-state index is 4.22. The molecule has 2 rings (SSSR count). The second kappa shape index (κ2) is 24.5. The number of hydrogen-bond acceptors (Lipinski definition) is 4. The van der Waals surface area contributed by atoms with Crippen LogP contribution in [0, 0.1) is 0 Å². The summed E-state index contributed by atoms with van der Waals surface area (Å²) in [6.45, 7) is 15.0. The van der Waals surface area contributed by atoms with Gasteiger partial charge in [0.05, 0.1) is 26.2 Å². The fourth-order valence-electron chi connectivity index (χ4n) is 4.02. The average Bonchev–Trinajstić information content (AvgIpc) is 2.89. The van der Waals surface area contributed by atoms with Crippen LogP contribution in [0.1, 0.15) is 79.1 Å². The summed E-state index contributed by atoms with van der Waals surface area (Å²) in [7, 11) is 3.77. The number of nitrogens with one attached hydrogen (secondary N) is 2. The summed E-state index contributed by atoms with van der Waals surface area (Å²) in [4.78, 5) is 1.97. The van der Waals surface area contributed by atoms with Crippen molar-refractivity contribution in [2.75, 3.05) is 50.9 Å². The smallest absolute Gasteiger partial charge is 0.387 e. The zero-order valence-corrected chi connectivity index (χ0v) is 26.5. The van der Waals surface area contributed by atoms with Gasteiger partial charge in [0.2, 0.25) is 0 Å². The molecule has 0 aliphatic heterocycles. The fourth-order valence-corrected chi connectivity index (χ4v) is 4.56. The first-order valence-electron chi connectivity index (χ1n) is 13.7. The summed E-state index contributed by atoms with van der Waals surface area (Å²) in [5.74, 6) is 0. The van der Waals surface area contributed by atoms with Crippen molar-refractivity contribution in [3.63, 3.8) is 0 Å². The Morgan fingerprint density at radius 2 is 0.833 bits per heavy atom. The number of benzene rings is 2. The molecular formula is C30H54N3NiS2+3. The van der Waals surface area contributed by atoms with Gasteiger partial charge in [-0.15, -0.1) is 25.3 Å². The molecule has 0 fully saturated rings. The van der Waals surface area contributed by atoms with E-state index in [1.807, 2.05) is 62.6 Å². The molecule has 2 N–H and O–H groups in total. The Hall–Kier alpha value is -0.806. The van der Waals surface area contributed by atoms with E-state index >= 15 is 0 Å². The summed E-state index contributed by atoms with van der Waals surface area (Å²) in [6, 6.07) is 15.8. The number of thiol groups is 2. The van der Waals surface area contributed by atoms with Crippen molar-refractivity contribution in [2.45, 2.75) is 88.9 Å². The van der Waals surface area contributed by atoms with Crippen molar-refractivity contribution in [1.82, 2.24) is 0 Å². The molecule has 0 aliphatic carbocycles. The van der Waals surface area contributed by atoms with E-state index in [0.717, 1.165) is 21.2 Å².